The van der Waals surface area contributed by atoms with Gasteiger partial charge in [-0.1, -0.05) is 20.3 Å². The molecule has 0 unspecified atom stereocenters. The van der Waals surface area contributed by atoms with Crippen molar-refractivity contribution in [1.82, 2.24) is 71.9 Å². The summed E-state index contributed by atoms with van der Waals surface area (Å²) < 4.78 is 0. The molecule has 82 heavy (non-hydrogen) atoms. The van der Waals surface area contributed by atoms with Crippen LogP contribution >= 0.6 is 0 Å². The van der Waals surface area contributed by atoms with Gasteiger partial charge in [0.1, 0.15) is 54.4 Å². The lowest BCUT2D eigenvalue weighted by Gasteiger charge is -2.33. The fourth-order valence-electron chi connectivity index (χ4n) is 11.0. The van der Waals surface area contributed by atoms with Crippen molar-refractivity contribution in [3.63, 3.8) is 0 Å². The van der Waals surface area contributed by atoms with Crippen LogP contribution in [-0.2, 0) is 60.8 Å². The molecule has 4 fully saturated rings. The number of aliphatic carboxylic acids is 1. The number of hydrogen-bond acceptors (Lipinski definition) is 15. The lowest BCUT2D eigenvalue weighted by atomic mass is 9.96. The molecule has 0 saturated carbocycles. The number of guanidine groups is 1. The van der Waals surface area contributed by atoms with Crippen LogP contribution in [0.1, 0.15) is 122 Å². The molecule has 4 aliphatic rings. The topological polar surface area (TPSA) is 433 Å². The van der Waals surface area contributed by atoms with Crippen molar-refractivity contribution in [3.05, 3.63) is 36.4 Å². The summed E-state index contributed by atoms with van der Waals surface area (Å²) in [6.45, 7) is 6.91. The molecule has 6 heterocycles. The second-order valence-electron chi connectivity index (χ2n) is 21.7. The zero-order valence-electron chi connectivity index (χ0n) is 47.2. The fraction of sp³-hybridized carbons (Fsp3) is 0.679. The number of likely N-dealkylation sites (tertiary alicyclic amines) is 3. The summed E-state index contributed by atoms with van der Waals surface area (Å²) in [6.07, 6.45) is 11.5. The third-order valence-electron chi connectivity index (χ3n) is 15.7. The molecule has 0 aliphatic carbocycles. The maximum Gasteiger partial charge on any atom is 0.326 e. The smallest absolute Gasteiger partial charge is 0.326 e. The van der Waals surface area contributed by atoms with Crippen molar-refractivity contribution in [3.8, 4) is 0 Å². The summed E-state index contributed by atoms with van der Waals surface area (Å²) in [7, 11) is 0. The number of imidazole rings is 2. The average Bonchev–Trinajstić information content (AvgIpc) is 4.44. The highest BCUT2D eigenvalue weighted by Gasteiger charge is 2.46. The summed E-state index contributed by atoms with van der Waals surface area (Å²) >= 11 is 0. The van der Waals surface area contributed by atoms with Gasteiger partial charge in [-0.25, -0.2) is 14.8 Å². The van der Waals surface area contributed by atoms with E-state index in [0.717, 1.165) is 13.0 Å². The Morgan fingerprint density at radius 1 is 0.646 bits per heavy atom. The average molecular weight is 1150 g/mol. The first-order valence-corrected chi connectivity index (χ1v) is 28.7. The molecule has 29 nitrogen and oxygen atoms in total. The van der Waals surface area contributed by atoms with E-state index in [0.29, 0.717) is 88.8 Å². The van der Waals surface area contributed by atoms with E-state index in [9.17, 15) is 53.1 Å². The predicted molar refractivity (Wildman–Crippen MR) is 297 cm³/mol. The Kier molecular flexibility index (Phi) is 24.0. The Labute approximate surface area is 476 Å². The molecule has 16 N–H and O–H groups in total. The number of carbonyl (C=O) groups excluding carboxylic acids is 9. The largest absolute Gasteiger partial charge is 0.480 e. The molecule has 9 amide bonds. The monoisotopic (exact) mass is 1150 g/mol. The molecule has 6 rings (SSSR count). The van der Waals surface area contributed by atoms with Crippen LogP contribution < -0.4 is 54.4 Å². The van der Waals surface area contributed by atoms with Gasteiger partial charge in [-0.3, -0.25) is 48.1 Å². The number of carboxylic acid groups (broad SMARTS) is 1. The molecular weight excluding hydrogens is 1060 g/mol. The molecule has 0 aromatic carbocycles. The minimum atomic E-state index is -1.34. The Morgan fingerprint density at radius 2 is 1.21 bits per heavy atom. The van der Waals surface area contributed by atoms with Crippen LogP contribution in [0.2, 0.25) is 0 Å². The number of aromatic amines is 2. The zero-order valence-corrected chi connectivity index (χ0v) is 47.2. The summed E-state index contributed by atoms with van der Waals surface area (Å²) in [6, 6.07) is -10.7. The van der Waals surface area contributed by atoms with Crippen LogP contribution in [-0.4, -0.2) is 205 Å². The van der Waals surface area contributed by atoms with E-state index in [4.69, 9.17) is 17.2 Å². The van der Waals surface area contributed by atoms with Crippen molar-refractivity contribution in [2.45, 2.75) is 184 Å². The first kappa shape index (κ1) is 63.5. The van der Waals surface area contributed by atoms with Gasteiger partial charge in [0.2, 0.25) is 53.2 Å². The Morgan fingerprint density at radius 3 is 1.78 bits per heavy atom. The van der Waals surface area contributed by atoms with Crippen molar-refractivity contribution in [2.75, 3.05) is 39.3 Å². The molecule has 452 valence electrons. The molecule has 0 radical (unpaired) electrons. The molecule has 2 aromatic rings. The van der Waals surface area contributed by atoms with E-state index in [2.05, 4.69) is 62.1 Å². The molecule has 11 atom stereocenters. The van der Waals surface area contributed by atoms with Crippen LogP contribution in [0.25, 0.3) is 0 Å². The molecule has 2 aromatic heterocycles. The number of aromatic nitrogens is 4. The van der Waals surface area contributed by atoms with Crippen molar-refractivity contribution < 1.29 is 53.1 Å². The van der Waals surface area contributed by atoms with E-state index in [1.165, 1.54) is 41.8 Å². The molecule has 0 bridgehead atoms. The number of nitrogens with one attached hydrogen (secondary N) is 9. The van der Waals surface area contributed by atoms with Crippen LogP contribution in [0, 0.1) is 5.92 Å². The van der Waals surface area contributed by atoms with Gasteiger partial charge in [-0.05, 0) is 109 Å². The molecule has 0 spiro atoms. The number of H-pyrrole nitrogens is 2. The van der Waals surface area contributed by atoms with E-state index >= 15 is 0 Å². The summed E-state index contributed by atoms with van der Waals surface area (Å²) in [5, 5.41) is 29.2. The molecule has 4 saturated heterocycles. The van der Waals surface area contributed by atoms with Gasteiger partial charge in [-0.2, -0.15) is 0 Å². The SMILES string of the molecule is CC[C@H](C)[C@H](NC(=O)[C@H](CCCN=C(N)N)NC(=O)[C@H](C)NC(=O)[C@H](Cc1cnc[nH]1)NC(=O)[C@@H]1CCCN1C(=O)[C@H](Cc1cnc[nH]1)NC(=O)[C@@H]1CCCN1C(=O)[C@@H]1CCCN1C(=O)[C@@H]1CCCN1)C(=O)N[C@@H](CCCCN)C(=O)O. The normalized spacial score (nSPS) is 21.2. The highest BCUT2D eigenvalue weighted by molar-refractivity contribution is 5.99. The highest BCUT2D eigenvalue weighted by Crippen LogP contribution is 2.27. The number of carbonyl (C=O) groups is 10. The van der Waals surface area contributed by atoms with E-state index in [-0.39, 0.29) is 75.4 Å². The Bertz CT molecular complexity index is 2540. The van der Waals surface area contributed by atoms with E-state index < -0.39 is 108 Å². The predicted octanol–water partition coefficient (Wildman–Crippen LogP) is -3.12. The minimum Gasteiger partial charge on any atom is -0.480 e. The van der Waals surface area contributed by atoms with Gasteiger partial charge in [0.15, 0.2) is 5.96 Å². The van der Waals surface area contributed by atoms with E-state index in [1.807, 2.05) is 0 Å². The van der Waals surface area contributed by atoms with Crippen LogP contribution in [0.5, 0.6) is 0 Å². The second kappa shape index (κ2) is 30.9. The summed E-state index contributed by atoms with van der Waals surface area (Å²) in [4.78, 5) is 162. The van der Waals surface area contributed by atoms with Gasteiger partial charge in [0, 0.05) is 62.8 Å². The van der Waals surface area contributed by atoms with Crippen LogP contribution in [0.15, 0.2) is 30.0 Å². The maximum atomic E-state index is 14.7. The molecule has 29 heteroatoms. The summed E-state index contributed by atoms with van der Waals surface area (Å²) in [5.41, 5.74) is 17.6. The van der Waals surface area contributed by atoms with Gasteiger partial charge < -0.3 is 84.2 Å². The summed E-state index contributed by atoms with van der Waals surface area (Å²) in [5.74, 6) is -7.28. The highest BCUT2D eigenvalue weighted by atomic mass is 16.4. The number of aliphatic imine (C=N–C) groups is 1. The quantitative estimate of drug-likeness (QED) is 0.0209. The van der Waals surface area contributed by atoms with Crippen molar-refractivity contribution in [2.24, 2.45) is 28.1 Å². The van der Waals surface area contributed by atoms with Gasteiger partial charge in [0.25, 0.3) is 0 Å². The van der Waals surface area contributed by atoms with Crippen molar-refractivity contribution >= 4 is 65.1 Å². The standard InChI is InChI=1S/C53H84N18O11/c1-4-30(2)42(48(77)65-36(52(81)82)12-5-6-18-54)68-44(73)34(13-7-20-60-53(55)56)64-43(72)31(3)63-45(74)37(24-32-26-57-28-61-32)66-46(75)39-15-9-21-69(39)50(79)38(25-33-27-58-29-62-33)67-47(76)40-16-10-22-70(40)51(80)41-17-11-23-71(41)49(78)35-14-8-19-59-35/h26-31,34-42,59H,4-25,54H2,1-3H3,(H,57,61)(H,58,62)(H,63,74)(H,64,72)(H,65,77)(H,66,75)(H,67,76)(H,68,73)(H,81,82)(H4,55,56,60)/t30-,31-,34-,35-,36-,37-,38-,39-,40-,41-,42-/m0/s1. The minimum absolute atomic E-state index is 0.0258. The third-order valence-corrected chi connectivity index (χ3v) is 15.7. The lowest BCUT2D eigenvalue weighted by molar-refractivity contribution is -0.148. The van der Waals surface area contributed by atoms with Crippen LogP contribution in [0.4, 0.5) is 0 Å². The second-order valence-corrected chi connectivity index (χ2v) is 21.7. The van der Waals surface area contributed by atoms with Gasteiger partial charge >= 0.3 is 5.97 Å². The number of hydrogen-bond donors (Lipinski definition) is 13. The van der Waals surface area contributed by atoms with E-state index in [1.54, 1.807) is 18.7 Å². The maximum absolute atomic E-state index is 14.7. The van der Waals surface area contributed by atoms with Crippen molar-refractivity contribution in [1.29, 1.82) is 0 Å². The third kappa shape index (κ3) is 17.4. The number of nitrogens with two attached hydrogens (primary N) is 3. The molecule has 4 aliphatic heterocycles. The number of unbranched alkanes of at least 4 members (excludes halogenated alkanes) is 1. The van der Waals surface area contributed by atoms with Gasteiger partial charge in [0.05, 0.1) is 18.7 Å². The first-order chi connectivity index (χ1) is 39.3. The number of amides is 9. The fourth-order valence-corrected chi connectivity index (χ4v) is 11.0. The molecular formula is C53H84N18O11. The first-order valence-electron chi connectivity index (χ1n) is 28.7. The number of carboxylic acids is 1. The zero-order chi connectivity index (χ0) is 59.5. The van der Waals surface area contributed by atoms with Crippen LogP contribution in [0.3, 0.4) is 0 Å². The van der Waals surface area contributed by atoms with Gasteiger partial charge in [-0.15, -0.1) is 0 Å². The lowest BCUT2D eigenvalue weighted by Crippen LogP contribution is -2.60. The number of nitrogens with zero attached hydrogens (tertiary/aromatic N) is 6. The number of rotatable bonds is 30. The Hall–Kier alpha value is -7.69. The Balaban J connectivity index is 1.13.